The van der Waals surface area contributed by atoms with Crippen molar-refractivity contribution in [2.24, 2.45) is 0 Å². The second kappa shape index (κ2) is 11.4. The molecule has 0 saturated heterocycles. The summed E-state index contributed by atoms with van der Waals surface area (Å²) in [6, 6.07) is 59.4. The Bertz CT molecular complexity index is 2800. The molecule has 4 aromatic heterocycles. The van der Waals surface area contributed by atoms with Crippen molar-refractivity contribution in [3.63, 3.8) is 0 Å². The van der Waals surface area contributed by atoms with Crippen LogP contribution in [0.25, 0.3) is 89.0 Å². The van der Waals surface area contributed by atoms with Crippen molar-refractivity contribution in [3.05, 3.63) is 176 Å². The second-order valence-electron chi connectivity index (χ2n) is 12.5. The van der Waals surface area contributed by atoms with E-state index in [-0.39, 0.29) is 0 Å². The van der Waals surface area contributed by atoms with Crippen LogP contribution in [-0.4, -0.2) is 24.1 Å². The first-order chi connectivity index (χ1) is 24.8. The molecule has 0 unspecified atom stereocenters. The van der Waals surface area contributed by atoms with E-state index in [0.717, 1.165) is 72.3 Å². The summed E-state index contributed by atoms with van der Waals surface area (Å²) in [5, 5.41) is 4.72. The van der Waals surface area contributed by atoms with Crippen molar-refractivity contribution in [1.29, 1.82) is 0 Å². The van der Waals surface area contributed by atoms with Gasteiger partial charge < -0.3 is 0 Å². The molecule has 50 heavy (non-hydrogen) atoms. The molecule has 0 aliphatic rings. The third-order valence-electron chi connectivity index (χ3n) is 9.61. The van der Waals surface area contributed by atoms with E-state index in [9.17, 15) is 0 Å². The molecule has 10 aromatic rings. The lowest BCUT2D eigenvalue weighted by atomic mass is 10.0. The normalized spacial score (nSPS) is 11.6. The van der Waals surface area contributed by atoms with Gasteiger partial charge in [0, 0.05) is 38.9 Å². The second-order valence-corrected chi connectivity index (χ2v) is 12.5. The van der Waals surface area contributed by atoms with E-state index in [1.807, 2.05) is 30.5 Å². The van der Waals surface area contributed by atoms with Gasteiger partial charge in [0.25, 0.3) is 0 Å². The van der Waals surface area contributed by atoms with Gasteiger partial charge in [0.1, 0.15) is 5.82 Å². The van der Waals surface area contributed by atoms with Crippen LogP contribution in [0.4, 0.5) is 0 Å². The van der Waals surface area contributed by atoms with Gasteiger partial charge in [-0.25, -0.2) is 15.0 Å². The minimum Gasteiger partial charge on any atom is -0.294 e. The monoisotopic (exact) mass is 639 g/mol. The number of benzene rings is 6. The van der Waals surface area contributed by atoms with Gasteiger partial charge in [-0.05, 0) is 65.7 Å². The van der Waals surface area contributed by atoms with Crippen molar-refractivity contribution in [2.45, 2.75) is 0 Å². The summed E-state index contributed by atoms with van der Waals surface area (Å²) in [6.07, 6.45) is 1.85. The summed E-state index contributed by atoms with van der Waals surface area (Å²) in [5.74, 6) is 1.56. The molecule has 0 N–H and O–H groups in total. The fraction of sp³-hybridized carbons (Fsp3) is 0. The highest BCUT2D eigenvalue weighted by Crippen LogP contribution is 2.38. The van der Waals surface area contributed by atoms with E-state index in [1.165, 1.54) is 10.8 Å². The Balaban J connectivity index is 1.17. The first kappa shape index (κ1) is 28.2. The molecule has 0 aliphatic heterocycles. The van der Waals surface area contributed by atoms with Crippen LogP contribution in [-0.2, 0) is 0 Å². The molecule has 10 rings (SSSR count). The van der Waals surface area contributed by atoms with Gasteiger partial charge >= 0.3 is 0 Å². The minimum absolute atomic E-state index is 0.646. The van der Waals surface area contributed by atoms with E-state index in [1.54, 1.807) is 0 Å². The number of para-hydroxylation sites is 2. The summed E-state index contributed by atoms with van der Waals surface area (Å²) in [6.45, 7) is 0. The third-order valence-corrected chi connectivity index (χ3v) is 9.61. The quantitative estimate of drug-likeness (QED) is 0.188. The Morgan fingerprint density at radius 2 is 0.820 bits per heavy atom. The topological polar surface area (TPSA) is 48.5 Å². The van der Waals surface area contributed by atoms with E-state index >= 15 is 0 Å². The molecule has 0 spiro atoms. The SMILES string of the molecule is c1ccc(-c2cc(-c3ccccc3)nc(-n3c4ccccc4c4cc(-c5ccc6c(c5)c5ccccc5n6-c5ccccn5)ccc43)n2)cc1. The van der Waals surface area contributed by atoms with Crippen LogP contribution in [0.2, 0.25) is 0 Å². The minimum atomic E-state index is 0.646. The van der Waals surface area contributed by atoms with Gasteiger partial charge in [0.05, 0.1) is 33.5 Å². The van der Waals surface area contributed by atoms with E-state index in [0.29, 0.717) is 5.95 Å². The van der Waals surface area contributed by atoms with Crippen LogP contribution < -0.4 is 0 Å². The zero-order valence-electron chi connectivity index (χ0n) is 27.0. The third kappa shape index (κ3) is 4.52. The maximum Gasteiger partial charge on any atom is 0.235 e. The first-order valence-electron chi connectivity index (χ1n) is 16.8. The van der Waals surface area contributed by atoms with Crippen molar-refractivity contribution in [2.75, 3.05) is 0 Å². The van der Waals surface area contributed by atoms with E-state index in [4.69, 9.17) is 9.97 Å². The zero-order chi connectivity index (χ0) is 33.0. The summed E-state index contributed by atoms with van der Waals surface area (Å²) in [5.41, 5.74) is 10.6. The van der Waals surface area contributed by atoms with Crippen LogP contribution in [0.15, 0.2) is 176 Å². The molecule has 0 atom stereocenters. The molecule has 0 aliphatic carbocycles. The number of hydrogen-bond acceptors (Lipinski definition) is 3. The molecule has 5 heteroatoms. The summed E-state index contributed by atoms with van der Waals surface area (Å²) in [7, 11) is 0. The zero-order valence-corrected chi connectivity index (χ0v) is 27.0. The molecular weight excluding hydrogens is 611 g/mol. The predicted molar refractivity (Wildman–Crippen MR) is 205 cm³/mol. The molecule has 234 valence electrons. The molecule has 0 bridgehead atoms. The van der Waals surface area contributed by atoms with Gasteiger partial charge in [0.2, 0.25) is 5.95 Å². The first-order valence-corrected chi connectivity index (χ1v) is 16.8. The lowest BCUT2D eigenvalue weighted by Gasteiger charge is -2.12. The number of rotatable bonds is 5. The van der Waals surface area contributed by atoms with Crippen LogP contribution in [0.3, 0.4) is 0 Å². The maximum atomic E-state index is 5.19. The lowest BCUT2D eigenvalue weighted by Crippen LogP contribution is -2.03. The summed E-state index contributed by atoms with van der Waals surface area (Å²) >= 11 is 0. The van der Waals surface area contributed by atoms with Crippen molar-refractivity contribution >= 4 is 43.6 Å². The summed E-state index contributed by atoms with van der Waals surface area (Å²) < 4.78 is 4.45. The molecule has 0 amide bonds. The van der Waals surface area contributed by atoms with Crippen LogP contribution in [0, 0.1) is 0 Å². The van der Waals surface area contributed by atoms with Crippen LogP contribution >= 0.6 is 0 Å². The van der Waals surface area contributed by atoms with Gasteiger partial charge in [0.15, 0.2) is 0 Å². The number of nitrogens with zero attached hydrogens (tertiary/aromatic N) is 5. The van der Waals surface area contributed by atoms with Crippen LogP contribution in [0.5, 0.6) is 0 Å². The molecule has 0 radical (unpaired) electrons. The van der Waals surface area contributed by atoms with Gasteiger partial charge in [-0.1, -0.05) is 115 Å². The molecular formula is C45H29N5. The highest BCUT2D eigenvalue weighted by molar-refractivity contribution is 6.12. The smallest absolute Gasteiger partial charge is 0.235 e. The van der Waals surface area contributed by atoms with E-state index < -0.39 is 0 Å². The highest BCUT2D eigenvalue weighted by Gasteiger charge is 2.18. The number of aromatic nitrogens is 5. The molecule has 4 heterocycles. The van der Waals surface area contributed by atoms with Gasteiger partial charge in [-0.2, -0.15) is 0 Å². The van der Waals surface area contributed by atoms with Gasteiger partial charge in [-0.3, -0.25) is 9.13 Å². The number of hydrogen-bond donors (Lipinski definition) is 0. The fourth-order valence-corrected chi connectivity index (χ4v) is 7.30. The Hall–Kier alpha value is -6.85. The largest absolute Gasteiger partial charge is 0.294 e. The fourth-order valence-electron chi connectivity index (χ4n) is 7.30. The average Bonchev–Trinajstić information content (AvgIpc) is 3.71. The molecule has 5 nitrogen and oxygen atoms in total. The number of fused-ring (bicyclic) bond motifs is 6. The van der Waals surface area contributed by atoms with Crippen molar-refractivity contribution < 1.29 is 0 Å². The van der Waals surface area contributed by atoms with Crippen molar-refractivity contribution in [3.8, 4) is 45.4 Å². The Morgan fingerprint density at radius 1 is 0.340 bits per heavy atom. The Labute approximate surface area is 288 Å². The maximum absolute atomic E-state index is 5.19. The predicted octanol–water partition coefficient (Wildman–Crippen LogP) is 11.1. The standard InChI is InChI=1S/C45H29N5/c1-3-13-30(14-4-1)38-29-39(31-15-5-2-6-16-31)48-45(47-38)50-41-20-10-8-18-35(41)37-28-33(23-25-43(37)50)32-22-24-42-36(27-32)34-17-7-9-19-40(34)49(42)44-21-11-12-26-46-44/h1-29H. The lowest BCUT2D eigenvalue weighted by molar-refractivity contribution is 0.995. The van der Waals surface area contributed by atoms with Crippen molar-refractivity contribution in [1.82, 2.24) is 24.1 Å². The van der Waals surface area contributed by atoms with Crippen LogP contribution in [0.1, 0.15) is 0 Å². The molecule has 0 fully saturated rings. The summed E-state index contributed by atoms with van der Waals surface area (Å²) in [4.78, 5) is 15.1. The molecule has 0 saturated carbocycles. The molecule has 6 aromatic carbocycles. The number of pyridine rings is 1. The Morgan fingerprint density at radius 3 is 1.38 bits per heavy atom. The Kier molecular flexibility index (Phi) is 6.42. The average molecular weight is 640 g/mol. The van der Waals surface area contributed by atoms with E-state index in [2.05, 4.69) is 160 Å². The van der Waals surface area contributed by atoms with Gasteiger partial charge in [-0.15, -0.1) is 0 Å². The highest BCUT2D eigenvalue weighted by atomic mass is 15.2.